The number of aryl methyl sites for hydroxylation is 2. The summed E-state index contributed by atoms with van der Waals surface area (Å²) in [6.45, 7) is 4.60. The highest BCUT2D eigenvalue weighted by atomic mass is 14.5. The number of nitrogen functional groups attached to an aromatic ring is 2. The lowest BCUT2D eigenvalue weighted by Crippen LogP contribution is -2.02. The van der Waals surface area contributed by atoms with E-state index >= 15 is 0 Å². The van der Waals surface area contributed by atoms with E-state index in [-0.39, 0.29) is 0 Å². The van der Waals surface area contributed by atoms with Crippen molar-refractivity contribution in [2.24, 2.45) is 0 Å². The molecule has 0 amide bonds. The Labute approximate surface area is 363 Å². The number of anilines is 2. The van der Waals surface area contributed by atoms with Crippen LogP contribution in [0.1, 0.15) is 232 Å². The first-order valence-electron chi connectivity index (χ1n) is 25.0. The van der Waals surface area contributed by atoms with Gasteiger partial charge in [0.2, 0.25) is 0 Å². The molecule has 4 aromatic rings. The Hall–Kier alpha value is -3.52. The van der Waals surface area contributed by atoms with Crippen molar-refractivity contribution in [2.75, 3.05) is 11.5 Å². The summed E-state index contributed by atoms with van der Waals surface area (Å²) in [6, 6.07) is 36.5. The van der Waals surface area contributed by atoms with Crippen molar-refractivity contribution >= 4 is 11.4 Å². The van der Waals surface area contributed by atoms with E-state index in [1.54, 1.807) is 0 Å². The molecule has 0 fully saturated rings. The Morgan fingerprint density at radius 3 is 0.814 bits per heavy atom. The molecule has 4 N–H and O–H groups in total. The lowest BCUT2D eigenvalue weighted by molar-refractivity contribution is 0.545. The van der Waals surface area contributed by atoms with Gasteiger partial charge in [-0.15, -0.1) is 0 Å². The van der Waals surface area contributed by atoms with Crippen LogP contribution in [-0.2, 0) is 12.8 Å². The van der Waals surface area contributed by atoms with Gasteiger partial charge in [0.05, 0.1) is 0 Å². The first-order chi connectivity index (χ1) is 29.1. The molecule has 0 saturated carbocycles. The Bertz CT molecular complexity index is 1450. The van der Waals surface area contributed by atoms with Crippen molar-refractivity contribution in [3.8, 4) is 0 Å². The summed E-state index contributed by atoms with van der Waals surface area (Å²) in [5.74, 6) is 0.918. The number of hydrogen-bond acceptors (Lipinski definition) is 2. The summed E-state index contributed by atoms with van der Waals surface area (Å²) in [5, 5.41) is 0. The molecule has 59 heavy (non-hydrogen) atoms. The van der Waals surface area contributed by atoms with Crippen molar-refractivity contribution in [1.82, 2.24) is 0 Å². The van der Waals surface area contributed by atoms with Gasteiger partial charge in [-0.1, -0.05) is 234 Å². The van der Waals surface area contributed by atoms with Crippen LogP contribution in [0.3, 0.4) is 0 Å². The summed E-state index contributed by atoms with van der Waals surface area (Å²) in [4.78, 5) is 0. The summed E-state index contributed by atoms with van der Waals surface area (Å²) in [7, 11) is 0. The van der Waals surface area contributed by atoms with E-state index in [4.69, 9.17) is 11.5 Å². The van der Waals surface area contributed by atoms with Gasteiger partial charge in [0.15, 0.2) is 0 Å². The zero-order valence-corrected chi connectivity index (χ0v) is 38.1. The van der Waals surface area contributed by atoms with Gasteiger partial charge in [-0.2, -0.15) is 0 Å². The predicted octanol–water partition coefficient (Wildman–Crippen LogP) is 17.5. The molecule has 0 aromatic heterocycles. The van der Waals surface area contributed by atoms with Crippen molar-refractivity contribution in [2.45, 2.75) is 212 Å². The van der Waals surface area contributed by atoms with Gasteiger partial charge in [0, 0.05) is 23.2 Å². The van der Waals surface area contributed by atoms with Crippen LogP contribution >= 0.6 is 0 Å². The minimum absolute atomic E-state index is 0.459. The number of unbranched alkanes of at least 4 members (excludes halogenated alkanes) is 22. The highest BCUT2D eigenvalue weighted by molar-refractivity contribution is 5.44. The van der Waals surface area contributed by atoms with Crippen LogP contribution in [0.15, 0.2) is 97.1 Å². The second-order valence-corrected chi connectivity index (χ2v) is 18.1. The maximum absolute atomic E-state index is 6.06. The van der Waals surface area contributed by atoms with Gasteiger partial charge < -0.3 is 11.5 Å². The molecule has 0 bridgehead atoms. The zero-order chi connectivity index (χ0) is 41.6. The van der Waals surface area contributed by atoms with E-state index < -0.39 is 0 Å². The molecule has 0 aliphatic rings. The molecular formula is C57H86N2. The highest BCUT2D eigenvalue weighted by Gasteiger charge is 2.16. The van der Waals surface area contributed by atoms with Gasteiger partial charge in [0.1, 0.15) is 0 Å². The standard InChI is InChI=1S/C57H86N2/c1-3-5-7-9-11-13-18-22-26-30-56(52-40-44-54(58)45-41-52)50-36-32-48(33-37-50)28-24-20-16-15-17-21-25-29-49-34-38-51(39-35-49)57(53-42-46-55(59)47-43-53)31-27-23-19-14-12-10-8-6-4-2/h32-47,56-57H,3-31,58-59H2,1-2H3. The van der Waals surface area contributed by atoms with E-state index in [0.29, 0.717) is 11.8 Å². The number of rotatable bonds is 34. The summed E-state index contributed by atoms with van der Waals surface area (Å²) >= 11 is 0. The maximum atomic E-state index is 6.06. The van der Waals surface area contributed by atoms with Crippen molar-refractivity contribution < 1.29 is 0 Å². The van der Waals surface area contributed by atoms with Crippen LogP contribution in [0, 0.1) is 0 Å². The highest BCUT2D eigenvalue weighted by Crippen LogP contribution is 2.33. The van der Waals surface area contributed by atoms with Gasteiger partial charge in [0.25, 0.3) is 0 Å². The normalized spacial score (nSPS) is 12.5. The predicted molar refractivity (Wildman–Crippen MR) is 262 cm³/mol. The van der Waals surface area contributed by atoms with Crippen LogP contribution < -0.4 is 11.5 Å². The third kappa shape index (κ3) is 20.1. The largest absolute Gasteiger partial charge is 0.399 e. The van der Waals surface area contributed by atoms with Crippen LogP contribution in [0.5, 0.6) is 0 Å². The lowest BCUT2D eigenvalue weighted by Gasteiger charge is -2.19. The third-order valence-electron chi connectivity index (χ3n) is 13.1. The lowest BCUT2D eigenvalue weighted by atomic mass is 9.86. The molecule has 0 saturated heterocycles. The number of nitrogens with two attached hydrogens (primary N) is 2. The van der Waals surface area contributed by atoms with Gasteiger partial charge >= 0.3 is 0 Å². The molecule has 2 unspecified atom stereocenters. The minimum Gasteiger partial charge on any atom is -0.399 e. The summed E-state index contributed by atoms with van der Waals surface area (Å²) in [6.07, 6.45) is 38.9. The molecule has 0 heterocycles. The van der Waals surface area contributed by atoms with Crippen molar-refractivity contribution in [3.63, 3.8) is 0 Å². The summed E-state index contributed by atoms with van der Waals surface area (Å²) in [5.41, 5.74) is 22.5. The topological polar surface area (TPSA) is 52.0 Å². The molecule has 2 atom stereocenters. The van der Waals surface area contributed by atoms with Gasteiger partial charge in [-0.25, -0.2) is 0 Å². The Kier molecular flexibility index (Phi) is 24.9. The second kappa shape index (κ2) is 30.5. The number of hydrogen-bond donors (Lipinski definition) is 2. The van der Waals surface area contributed by atoms with E-state index in [0.717, 1.165) is 11.4 Å². The average molecular weight is 799 g/mol. The average Bonchev–Trinajstić information content (AvgIpc) is 3.26. The molecule has 2 heteroatoms. The molecule has 0 radical (unpaired) electrons. The fourth-order valence-corrected chi connectivity index (χ4v) is 9.20. The van der Waals surface area contributed by atoms with Crippen LogP contribution in [0.25, 0.3) is 0 Å². The fourth-order valence-electron chi connectivity index (χ4n) is 9.20. The van der Waals surface area contributed by atoms with Crippen molar-refractivity contribution in [3.05, 3.63) is 130 Å². The van der Waals surface area contributed by atoms with E-state index in [1.807, 2.05) is 0 Å². The Morgan fingerprint density at radius 2 is 0.525 bits per heavy atom. The maximum Gasteiger partial charge on any atom is 0.0314 e. The molecule has 0 spiro atoms. The molecule has 324 valence electrons. The Morgan fingerprint density at radius 1 is 0.288 bits per heavy atom. The quantitative estimate of drug-likeness (QED) is 0.0365. The van der Waals surface area contributed by atoms with Gasteiger partial charge in [-0.3, -0.25) is 0 Å². The SMILES string of the molecule is CCCCCCCCCCCC(c1ccc(N)cc1)c1ccc(CCCCCCCCCc2ccc(C(CCCCCCCCCCC)c3ccc(N)cc3)cc2)cc1. The minimum atomic E-state index is 0.459. The van der Waals surface area contributed by atoms with E-state index in [2.05, 4.69) is 111 Å². The van der Waals surface area contributed by atoms with Gasteiger partial charge in [-0.05, 0) is 96.2 Å². The molecule has 4 aromatic carbocycles. The smallest absolute Gasteiger partial charge is 0.0314 e. The second-order valence-electron chi connectivity index (χ2n) is 18.1. The first-order valence-corrected chi connectivity index (χ1v) is 25.0. The summed E-state index contributed by atoms with van der Waals surface area (Å²) < 4.78 is 0. The monoisotopic (exact) mass is 799 g/mol. The van der Waals surface area contributed by atoms with Crippen molar-refractivity contribution in [1.29, 1.82) is 0 Å². The van der Waals surface area contributed by atoms with Crippen LogP contribution in [0.4, 0.5) is 11.4 Å². The zero-order valence-electron chi connectivity index (χ0n) is 38.1. The molecule has 0 aliphatic carbocycles. The van der Waals surface area contributed by atoms with E-state index in [9.17, 15) is 0 Å². The first kappa shape index (κ1) is 48.1. The van der Waals surface area contributed by atoms with E-state index in [1.165, 1.54) is 220 Å². The molecular weight excluding hydrogens is 713 g/mol. The van der Waals surface area contributed by atoms with Crippen LogP contribution in [0.2, 0.25) is 0 Å². The molecule has 2 nitrogen and oxygen atoms in total. The third-order valence-corrected chi connectivity index (χ3v) is 13.1. The molecule has 4 rings (SSSR count). The Balaban J connectivity index is 1.10. The van der Waals surface area contributed by atoms with Crippen LogP contribution in [-0.4, -0.2) is 0 Å². The fraction of sp³-hybridized carbons (Fsp3) is 0.579. The number of benzene rings is 4. The molecule has 0 aliphatic heterocycles.